The number of nitrogens with zero attached hydrogens (tertiary/aromatic N) is 3. The van der Waals surface area contributed by atoms with Crippen molar-refractivity contribution in [3.8, 4) is 0 Å². The Morgan fingerprint density at radius 3 is 2.88 bits per heavy atom. The van der Waals surface area contributed by atoms with E-state index in [2.05, 4.69) is 14.9 Å². The van der Waals surface area contributed by atoms with Crippen LogP contribution >= 0.6 is 0 Å². The number of anilines is 1. The average molecular weight is 228 g/mol. The lowest BCUT2D eigenvalue weighted by Gasteiger charge is -2.31. The van der Waals surface area contributed by atoms with Gasteiger partial charge in [-0.25, -0.2) is 4.98 Å². The Bertz CT molecular complexity index is 526. The van der Waals surface area contributed by atoms with E-state index in [0.717, 1.165) is 42.8 Å². The summed E-state index contributed by atoms with van der Waals surface area (Å²) in [4.78, 5) is 11.3. The van der Waals surface area contributed by atoms with Gasteiger partial charge in [-0.3, -0.25) is 4.98 Å². The van der Waals surface area contributed by atoms with Gasteiger partial charge in [0.05, 0.1) is 17.2 Å². The largest absolute Gasteiger partial charge is 0.354 e. The third-order valence-electron chi connectivity index (χ3n) is 3.22. The third kappa shape index (κ3) is 2.08. The number of benzene rings is 1. The number of para-hydroxylation sites is 2. The molecule has 3 rings (SSSR count). The molecule has 2 aromatic rings. The molecule has 1 aliphatic heterocycles. The van der Waals surface area contributed by atoms with Crippen LogP contribution < -0.4 is 10.6 Å². The van der Waals surface area contributed by atoms with Crippen LogP contribution in [0.4, 0.5) is 5.82 Å². The number of rotatable bonds is 1. The van der Waals surface area contributed by atoms with Crippen LogP contribution in [0.5, 0.6) is 0 Å². The quantitative estimate of drug-likeness (QED) is 0.804. The van der Waals surface area contributed by atoms with Crippen LogP contribution in [0.25, 0.3) is 11.0 Å². The molecule has 88 valence electrons. The first-order valence-electron chi connectivity index (χ1n) is 6.05. The maximum absolute atomic E-state index is 5.99. The summed E-state index contributed by atoms with van der Waals surface area (Å²) in [7, 11) is 0. The fourth-order valence-electron chi connectivity index (χ4n) is 2.32. The normalized spacial score (nSPS) is 20.8. The van der Waals surface area contributed by atoms with E-state index in [1.807, 2.05) is 30.5 Å². The van der Waals surface area contributed by atoms with E-state index in [9.17, 15) is 0 Å². The van der Waals surface area contributed by atoms with E-state index in [0.29, 0.717) is 0 Å². The second-order valence-corrected chi connectivity index (χ2v) is 4.57. The summed E-state index contributed by atoms with van der Waals surface area (Å²) in [6.07, 6.45) is 4.09. The van der Waals surface area contributed by atoms with Gasteiger partial charge in [-0.1, -0.05) is 12.1 Å². The summed E-state index contributed by atoms with van der Waals surface area (Å²) in [5.41, 5.74) is 7.88. The van der Waals surface area contributed by atoms with Gasteiger partial charge in [0, 0.05) is 19.1 Å². The molecule has 0 spiro atoms. The van der Waals surface area contributed by atoms with Gasteiger partial charge < -0.3 is 10.6 Å². The number of hydrogen-bond acceptors (Lipinski definition) is 4. The monoisotopic (exact) mass is 228 g/mol. The van der Waals surface area contributed by atoms with Crippen LogP contribution in [0.3, 0.4) is 0 Å². The van der Waals surface area contributed by atoms with Crippen molar-refractivity contribution in [1.82, 2.24) is 9.97 Å². The van der Waals surface area contributed by atoms with Gasteiger partial charge in [0.2, 0.25) is 0 Å². The molecule has 1 saturated heterocycles. The van der Waals surface area contributed by atoms with Gasteiger partial charge in [-0.15, -0.1) is 0 Å². The highest BCUT2D eigenvalue weighted by Gasteiger charge is 2.18. The van der Waals surface area contributed by atoms with Gasteiger partial charge in [0.25, 0.3) is 0 Å². The fraction of sp³-hybridized carbons (Fsp3) is 0.385. The van der Waals surface area contributed by atoms with Crippen molar-refractivity contribution in [2.75, 3.05) is 18.0 Å². The summed E-state index contributed by atoms with van der Waals surface area (Å²) in [6.45, 7) is 1.91. The van der Waals surface area contributed by atoms with Gasteiger partial charge >= 0.3 is 0 Å². The molecule has 0 saturated carbocycles. The van der Waals surface area contributed by atoms with Crippen LogP contribution in [0.1, 0.15) is 12.8 Å². The van der Waals surface area contributed by atoms with Crippen molar-refractivity contribution in [3.05, 3.63) is 30.5 Å². The molecule has 17 heavy (non-hydrogen) atoms. The minimum Gasteiger partial charge on any atom is -0.354 e. The van der Waals surface area contributed by atoms with Crippen molar-refractivity contribution in [3.63, 3.8) is 0 Å². The summed E-state index contributed by atoms with van der Waals surface area (Å²) in [6, 6.07) is 8.21. The molecule has 1 aromatic heterocycles. The Hall–Kier alpha value is -1.68. The Morgan fingerprint density at radius 1 is 1.24 bits per heavy atom. The fourth-order valence-corrected chi connectivity index (χ4v) is 2.32. The lowest BCUT2D eigenvalue weighted by atomic mass is 10.1. The molecule has 0 amide bonds. The van der Waals surface area contributed by atoms with E-state index < -0.39 is 0 Å². The number of piperidine rings is 1. The Labute approximate surface area is 100 Å². The molecule has 2 N–H and O–H groups in total. The summed E-state index contributed by atoms with van der Waals surface area (Å²) in [5, 5.41) is 0. The van der Waals surface area contributed by atoms with Crippen LogP contribution in [0.2, 0.25) is 0 Å². The SMILES string of the molecule is NC1CCCN(c2cnc3ccccc3n2)C1. The molecule has 1 atom stereocenters. The molecule has 1 unspecified atom stereocenters. The predicted octanol–water partition coefficient (Wildman–Crippen LogP) is 1.56. The molecule has 1 aliphatic rings. The molecule has 1 fully saturated rings. The maximum atomic E-state index is 5.99. The first-order valence-corrected chi connectivity index (χ1v) is 6.05. The van der Waals surface area contributed by atoms with Crippen LogP contribution in [-0.4, -0.2) is 29.1 Å². The van der Waals surface area contributed by atoms with E-state index >= 15 is 0 Å². The number of aromatic nitrogens is 2. The number of nitrogens with two attached hydrogens (primary N) is 1. The van der Waals surface area contributed by atoms with Crippen molar-refractivity contribution in [1.29, 1.82) is 0 Å². The molecular formula is C13H16N4. The van der Waals surface area contributed by atoms with Crippen LogP contribution in [0.15, 0.2) is 30.5 Å². The summed E-state index contributed by atoms with van der Waals surface area (Å²) in [5.74, 6) is 0.943. The van der Waals surface area contributed by atoms with Crippen LogP contribution in [0, 0.1) is 0 Å². The minimum absolute atomic E-state index is 0.261. The lowest BCUT2D eigenvalue weighted by Crippen LogP contribution is -2.43. The van der Waals surface area contributed by atoms with Gasteiger partial charge in [-0.05, 0) is 25.0 Å². The molecule has 0 bridgehead atoms. The molecule has 0 aliphatic carbocycles. The standard InChI is InChI=1S/C13H16N4/c14-10-4-3-7-17(9-10)13-8-15-11-5-1-2-6-12(11)16-13/h1-2,5-6,8,10H,3-4,7,9,14H2. The zero-order valence-corrected chi connectivity index (χ0v) is 9.71. The first-order chi connectivity index (χ1) is 8.33. The number of hydrogen-bond donors (Lipinski definition) is 1. The minimum atomic E-state index is 0.261. The molecule has 0 radical (unpaired) electrons. The molecule has 1 aromatic carbocycles. The lowest BCUT2D eigenvalue weighted by molar-refractivity contribution is 0.503. The summed E-state index contributed by atoms with van der Waals surface area (Å²) < 4.78 is 0. The van der Waals surface area contributed by atoms with E-state index in [1.165, 1.54) is 0 Å². The van der Waals surface area contributed by atoms with Gasteiger partial charge in [-0.2, -0.15) is 0 Å². The van der Waals surface area contributed by atoms with Crippen molar-refractivity contribution in [2.24, 2.45) is 5.73 Å². The number of fused-ring (bicyclic) bond motifs is 1. The zero-order chi connectivity index (χ0) is 11.7. The van der Waals surface area contributed by atoms with Crippen LogP contribution in [-0.2, 0) is 0 Å². The first kappa shape index (κ1) is 10.5. The smallest absolute Gasteiger partial charge is 0.147 e. The van der Waals surface area contributed by atoms with E-state index in [4.69, 9.17) is 5.73 Å². The molecule has 4 nitrogen and oxygen atoms in total. The zero-order valence-electron chi connectivity index (χ0n) is 9.71. The average Bonchev–Trinajstić information content (AvgIpc) is 2.38. The second kappa shape index (κ2) is 4.30. The highest BCUT2D eigenvalue weighted by Crippen LogP contribution is 2.18. The molecular weight excluding hydrogens is 212 g/mol. The maximum Gasteiger partial charge on any atom is 0.147 e. The predicted molar refractivity (Wildman–Crippen MR) is 69.0 cm³/mol. The third-order valence-corrected chi connectivity index (χ3v) is 3.22. The van der Waals surface area contributed by atoms with Crippen molar-refractivity contribution < 1.29 is 0 Å². The molecule has 4 heteroatoms. The van der Waals surface area contributed by atoms with E-state index in [1.54, 1.807) is 0 Å². The topological polar surface area (TPSA) is 55.0 Å². The highest BCUT2D eigenvalue weighted by molar-refractivity contribution is 5.75. The molecule has 2 heterocycles. The Kier molecular flexibility index (Phi) is 2.65. The van der Waals surface area contributed by atoms with E-state index in [-0.39, 0.29) is 6.04 Å². The van der Waals surface area contributed by atoms with Crippen molar-refractivity contribution in [2.45, 2.75) is 18.9 Å². The van der Waals surface area contributed by atoms with Gasteiger partial charge in [0.1, 0.15) is 5.82 Å². The highest BCUT2D eigenvalue weighted by atomic mass is 15.2. The second-order valence-electron chi connectivity index (χ2n) is 4.57. The Morgan fingerprint density at radius 2 is 2.06 bits per heavy atom. The van der Waals surface area contributed by atoms with Gasteiger partial charge in [0.15, 0.2) is 0 Å². The summed E-state index contributed by atoms with van der Waals surface area (Å²) >= 11 is 0. The van der Waals surface area contributed by atoms with Crippen molar-refractivity contribution >= 4 is 16.9 Å². The Balaban J connectivity index is 1.94.